The Bertz CT molecular complexity index is 1510. The molecule has 0 atom stereocenters. The minimum atomic E-state index is -0.712. The van der Waals surface area contributed by atoms with Crippen molar-refractivity contribution in [2.24, 2.45) is 5.92 Å². The number of nitrogens with zero attached hydrogens (tertiary/aromatic N) is 6. The summed E-state index contributed by atoms with van der Waals surface area (Å²) < 4.78 is 22.0. The molecule has 1 aliphatic heterocycles. The van der Waals surface area contributed by atoms with Crippen molar-refractivity contribution < 1.29 is 13.9 Å². The summed E-state index contributed by atoms with van der Waals surface area (Å²) in [4.78, 5) is 38.8. The number of carbonyl (C=O) groups excluding carboxylic acids is 1. The molecule has 0 unspecified atom stereocenters. The molecule has 3 heterocycles. The number of benzene rings is 2. The second kappa shape index (κ2) is 11.3. The Morgan fingerprint density at radius 2 is 1.82 bits per heavy atom. The maximum Gasteiger partial charge on any atom is 0.423 e. The van der Waals surface area contributed by atoms with E-state index in [9.17, 15) is 14.0 Å². The molecule has 0 saturated carbocycles. The Morgan fingerprint density at radius 1 is 1.10 bits per heavy atom. The number of fused-ring (bicyclic) bond motifs is 1. The molecule has 0 radical (unpaired) electrons. The van der Waals surface area contributed by atoms with E-state index in [0.29, 0.717) is 6.54 Å². The summed E-state index contributed by atoms with van der Waals surface area (Å²) >= 11 is 0. The monoisotopic (exact) mass is 532 g/mol. The number of halogens is 1. The minimum absolute atomic E-state index is 0.0645. The van der Waals surface area contributed by atoms with E-state index in [0.717, 1.165) is 53.0 Å². The van der Waals surface area contributed by atoms with Crippen LogP contribution in [0.5, 0.6) is 0 Å². The van der Waals surface area contributed by atoms with Gasteiger partial charge in [-0.2, -0.15) is 4.57 Å². The Kier molecular flexibility index (Phi) is 7.63. The number of imidazole rings is 1. The van der Waals surface area contributed by atoms with E-state index in [1.165, 1.54) is 24.4 Å². The van der Waals surface area contributed by atoms with Gasteiger partial charge in [0.1, 0.15) is 5.82 Å². The van der Waals surface area contributed by atoms with Gasteiger partial charge in [-0.25, -0.2) is 19.2 Å². The van der Waals surface area contributed by atoms with Gasteiger partial charge < -0.3 is 19.1 Å². The van der Waals surface area contributed by atoms with Crippen molar-refractivity contribution in [2.45, 2.75) is 39.3 Å². The first kappa shape index (κ1) is 26.4. The molecule has 1 saturated heterocycles. The average Bonchev–Trinajstić information content (AvgIpc) is 3.30. The molecular formula is C29H33FN6O3. The van der Waals surface area contributed by atoms with Crippen LogP contribution >= 0.6 is 0 Å². The highest BCUT2D eigenvalue weighted by Crippen LogP contribution is 2.28. The quantitative estimate of drug-likeness (QED) is 0.346. The summed E-state index contributed by atoms with van der Waals surface area (Å²) in [7, 11) is 1.86. The summed E-state index contributed by atoms with van der Waals surface area (Å²) in [6, 6.07) is 15.9. The van der Waals surface area contributed by atoms with Gasteiger partial charge in [-0.15, -0.1) is 0 Å². The molecule has 1 fully saturated rings. The van der Waals surface area contributed by atoms with Gasteiger partial charge in [0.15, 0.2) is 0 Å². The molecule has 0 spiro atoms. The van der Waals surface area contributed by atoms with E-state index < -0.39 is 11.7 Å². The fourth-order valence-electron chi connectivity index (χ4n) is 4.97. The van der Waals surface area contributed by atoms with E-state index in [-0.39, 0.29) is 30.3 Å². The van der Waals surface area contributed by atoms with Crippen molar-refractivity contribution in [1.82, 2.24) is 19.1 Å². The normalized spacial score (nSPS) is 14.2. The summed E-state index contributed by atoms with van der Waals surface area (Å²) in [6.45, 7) is 6.14. The lowest BCUT2D eigenvalue weighted by Gasteiger charge is -2.38. The van der Waals surface area contributed by atoms with Crippen LogP contribution in [0.15, 0.2) is 65.6 Å². The van der Waals surface area contributed by atoms with Gasteiger partial charge >= 0.3 is 6.09 Å². The highest BCUT2D eigenvalue weighted by molar-refractivity contribution is 5.79. The smallest absolute Gasteiger partial charge is 0.423 e. The molecule has 4 aromatic rings. The van der Waals surface area contributed by atoms with Gasteiger partial charge in [-0.3, -0.25) is 4.79 Å². The molecule has 39 heavy (non-hydrogen) atoms. The number of carbonyl (C=O) groups is 1. The third kappa shape index (κ3) is 5.64. The SMILES string of the molecule is CC(C)COC(=O)n1c(N(C)C2CCN(c3nc4ccccc4n3Cc3ccc(F)cc3)CC2)nccc1=O. The molecule has 204 valence electrons. The van der Waals surface area contributed by atoms with Crippen LogP contribution in [0.25, 0.3) is 11.0 Å². The largest absolute Gasteiger partial charge is 0.449 e. The first-order valence-electron chi connectivity index (χ1n) is 13.2. The zero-order valence-corrected chi connectivity index (χ0v) is 22.5. The molecule has 0 N–H and O–H groups in total. The number of rotatable bonds is 7. The third-order valence-electron chi connectivity index (χ3n) is 7.05. The Hall–Kier alpha value is -4.21. The van der Waals surface area contributed by atoms with Crippen molar-refractivity contribution in [3.63, 3.8) is 0 Å². The number of anilines is 2. The lowest BCUT2D eigenvalue weighted by molar-refractivity contribution is 0.133. The average molecular weight is 533 g/mol. The molecule has 0 bridgehead atoms. The van der Waals surface area contributed by atoms with Crippen molar-refractivity contribution in [2.75, 3.05) is 36.5 Å². The van der Waals surface area contributed by atoms with E-state index in [4.69, 9.17) is 9.72 Å². The van der Waals surface area contributed by atoms with Gasteiger partial charge in [0.25, 0.3) is 5.56 Å². The van der Waals surface area contributed by atoms with Gasteiger partial charge in [0, 0.05) is 38.4 Å². The predicted molar refractivity (Wildman–Crippen MR) is 149 cm³/mol. The van der Waals surface area contributed by atoms with E-state index in [1.807, 2.05) is 44.0 Å². The number of ether oxygens (including phenoxy) is 1. The van der Waals surface area contributed by atoms with Crippen LogP contribution in [0, 0.1) is 11.7 Å². The zero-order valence-electron chi connectivity index (χ0n) is 22.5. The first-order valence-corrected chi connectivity index (χ1v) is 13.2. The number of hydrogen-bond acceptors (Lipinski definition) is 7. The molecular weight excluding hydrogens is 499 g/mol. The minimum Gasteiger partial charge on any atom is -0.449 e. The van der Waals surface area contributed by atoms with Crippen molar-refractivity contribution in [3.05, 3.63) is 82.5 Å². The number of piperidine rings is 1. The van der Waals surface area contributed by atoms with Crippen molar-refractivity contribution >= 4 is 29.0 Å². The Morgan fingerprint density at radius 3 is 2.54 bits per heavy atom. The fraction of sp³-hybridized carbons (Fsp3) is 0.379. The second-order valence-electron chi connectivity index (χ2n) is 10.3. The first-order chi connectivity index (χ1) is 18.8. The molecule has 2 aromatic carbocycles. The molecule has 5 rings (SSSR count). The number of para-hydroxylation sites is 2. The Labute approximate surface area is 226 Å². The number of hydrogen-bond donors (Lipinski definition) is 0. The molecule has 1 aliphatic rings. The van der Waals surface area contributed by atoms with Crippen LogP contribution in [0.4, 0.5) is 21.1 Å². The van der Waals surface area contributed by atoms with E-state index in [2.05, 4.69) is 20.5 Å². The topological polar surface area (TPSA) is 85.5 Å². The van der Waals surface area contributed by atoms with E-state index >= 15 is 0 Å². The molecule has 9 nitrogen and oxygen atoms in total. The van der Waals surface area contributed by atoms with Crippen LogP contribution in [0.3, 0.4) is 0 Å². The van der Waals surface area contributed by atoms with Crippen LogP contribution < -0.4 is 15.4 Å². The number of aromatic nitrogens is 4. The standard InChI is InChI=1S/C29H33FN6O3/c1-20(2)19-39-29(38)36-26(37)12-15-31-27(36)33(3)23-13-16-34(17-14-23)28-32-24-6-4-5-7-25(24)35(28)18-21-8-10-22(30)11-9-21/h4-12,15,20,23H,13-14,16-19H2,1-3H3. The highest BCUT2D eigenvalue weighted by Gasteiger charge is 2.29. The van der Waals surface area contributed by atoms with Crippen LogP contribution in [-0.4, -0.2) is 58.0 Å². The lowest BCUT2D eigenvalue weighted by atomic mass is 10.0. The fourth-order valence-corrected chi connectivity index (χ4v) is 4.97. The van der Waals surface area contributed by atoms with Crippen LogP contribution in [0.1, 0.15) is 32.3 Å². The van der Waals surface area contributed by atoms with Gasteiger partial charge in [-0.1, -0.05) is 38.1 Å². The van der Waals surface area contributed by atoms with Crippen molar-refractivity contribution in [1.29, 1.82) is 0 Å². The maximum atomic E-state index is 13.5. The van der Waals surface area contributed by atoms with Crippen LogP contribution in [-0.2, 0) is 11.3 Å². The van der Waals surface area contributed by atoms with Gasteiger partial charge in [0.05, 0.1) is 24.2 Å². The van der Waals surface area contributed by atoms with Crippen LogP contribution in [0.2, 0.25) is 0 Å². The van der Waals surface area contributed by atoms with E-state index in [1.54, 1.807) is 12.1 Å². The second-order valence-corrected chi connectivity index (χ2v) is 10.3. The van der Waals surface area contributed by atoms with Gasteiger partial charge in [-0.05, 0) is 48.6 Å². The summed E-state index contributed by atoms with van der Waals surface area (Å²) in [5.41, 5.74) is 2.46. The molecule has 0 amide bonds. The molecule has 2 aromatic heterocycles. The summed E-state index contributed by atoms with van der Waals surface area (Å²) in [5, 5.41) is 0. The third-order valence-corrected chi connectivity index (χ3v) is 7.05. The molecule has 10 heteroatoms. The summed E-state index contributed by atoms with van der Waals surface area (Å²) in [5.74, 6) is 1.04. The Balaban J connectivity index is 1.35. The molecule has 0 aliphatic carbocycles. The zero-order chi connectivity index (χ0) is 27.5. The van der Waals surface area contributed by atoms with Crippen molar-refractivity contribution in [3.8, 4) is 0 Å². The maximum absolute atomic E-state index is 13.5. The lowest BCUT2D eigenvalue weighted by Crippen LogP contribution is -2.46. The predicted octanol–water partition coefficient (Wildman–Crippen LogP) is 4.53. The summed E-state index contributed by atoms with van der Waals surface area (Å²) in [6.07, 6.45) is 2.27. The highest BCUT2D eigenvalue weighted by atomic mass is 19.1. The van der Waals surface area contributed by atoms with Gasteiger partial charge in [0.2, 0.25) is 11.9 Å².